The summed E-state index contributed by atoms with van der Waals surface area (Å²) in [6, 6.07) is 1.66. The van der Waals surface area contributed by atoms with Crippen molar-refractivity contribution in [3.05, 3.63) is 54.0 Å². The van der Waals surface area contributed by atoms with Gasteiger partial charge in [-0.15, -0.1) is 0 Å². The molecule has 8 nitrogen and oxygen atoms in total. The van der Waals surface area contributed by atoms with E-state index in [1.165, 1.54) is 0 Å². The van der Waals surface area contributed by atoms with Crippen molar-refractivity contribution in [3.63, 3.8) is 0 Å². The summed E-state index contributed by atoms with van der Waals surface area (Å²) >= 11 is 0. The van der Waals surface area contributed by atoms with E-state index in [0.717, 1.165) is 23.7 Å². The third kappa shape index (κ3) is 3.65. The lowest BCUT2D eigenvalue weighted by atomic mass is 10.2. The fourth-order valence-corrected chi connectivity index (χ4v) is 4.24. The standard InChI is InChI=1S/C20H15F3N6O2S/c1-11-6-16-17(25-8-11)15(7-24)18(29(16)13-4-3-5-13)19-26-9-14(10-27-19)32(30,31)28-12(2)20(21,22)23/h3-6,8-10,12,28H,1-2H3. The minimum absolute atomic E-state index is 0.0289. The van der Waals surface area contributed by atoms with Crippen molar-refractivity contribution >= 4 is 26.8 Å². The van der Waals surface area contributed by atoms with Crippen molar-refractivity contribution in [2.75, 3.05) is 0 Å². The highest BCUT2D eigenvalue weighted by atomic mass is 32.2. The summed E-state index contributed by atoms with van der Waals surface area (Å²) in [5.74, 6) is 0.0289. The number of aryl methyl sites for hydroxylation is 1. The number of hydrogen-bond acceptors (Lipinski definition) is 6. The first-order chi connectivity index (χ1) is 15.0. The van der Waals surface area contributed by atoms with E-state index < -0.39 is 27.1 Å². The summed E-state index contributed by atoms with van der Waals surface area (Å²) in [5.41, 5.74) is 3.18. The lowest BCUT2D eigenvalue weighted by Crippen LogP contribution is -2.43. The van der Waals surface area contributed by atoms with Gasteiger partial charge < -0.3 is 4.57 Å². The summed E-state index contributed by atoms with van der Waals surface area (Å²) in [6.45, 7) is 2.55. The number of pyridine rings is 1. The molecule has 32 heavy (non-hydrogen) atoms. The Morgan fingerprint density at radius 3 is 2.38 bits per heavy atom. The molecule has 1 atom stereocenters. The highest BCUT2D eigenvalue weighted by Gasteiger charge is 2.39. The van der Waals surface area contributed by atoms with Gasteiger partial charge in [-0.25, -0.2) is 18.4 Å². The smallest absolute Gasteiger partial charge is 0.304 e. The molecule has 3 heterocycles. The number of nitriles is 1. The Hall–Kier alpha value is -3.56. The van der Waals surface area contributed by atoms with Crippen LogP contribution >= 0.6 is 0 Å². The monoisotopic (exact) mass is 460 g/mol. The van der Waals surface area contributed by atoms with Gasteiger partial charge in [0.15, 0.2) is 5.82 Å². The first-order valence-corrected chi connectivity index (χ1v) is 10.7. The second-order valence-electron chi connectivity index (χ2n) is 7.13. The number of hydrogen-bond donors (Lipinski definition) is 1. The minimum atomic E-state index is -4.74. The zero-order valence-electron chi connectivity index (χ0n) is 16.7. The Kier molecular flexibility index (Phi) is 5.10. The highest BCUT2D eigenvalue weighted by Crippen LogP contribution is 2.35. The molecule has 164 valence electrons. The minimum Gasteiger partial charge on any atom is -0.304 e. The van der Waals surface area contributed by atoms with Crippen LogP contribution in [-0.2, 0) is 10.0 Å². The molecule has 0 spiro atoms. The SMILES string of the molecule is Cc1cnc2c(C#N)c(-c3ncc(S(=O)(=O)NC(C)C(F)(F)F)cn3)n(C3=CC=C3)c2c1. The number of sulfonamides is 1. The second kappa shape index (κ2) is 7.54. The summed E-state index contributed by atoms with van der Waals surface area (Å²) in [4.78, 5) is 11.9. The van der Waals surface area contributed by atoms with Gasteiger partial charge in [-0.3, -0.25) is 4.98 Å². The molecule has 1 aliphatic carbocycles. The number of fused-ring (bicyclic) bond motifs is 1. The third-order valence-corrected chi connectivity index (χ3v) is 6.31. The van der Waals surface area contributed by atoms with E-state index in [4.69, 9.17) is 0 Å². The highest BCUT2D eigenvalue weighted by molar-refractivity contribution is 7.89. The normalized spacial score (nSPS) is 14.7. The number of rotatable bonds is 5. The van der Waals surface area contributed by atoms with Gasteiger partial charge in [0.25, 0.3) is 0 Å². The first-order valence-electron chi connectivity index (χ1n) is 9.24. The van der Waals surface area contributed by atoms with Crippen LogP contribution in [-0.4, -0.2) is 40.2 Å². The second-order valence-corrected chi connectivity index (χ2v) is 8.84. The van der Waals surface area contributed by atoms with Crippen molar-refractivity contribution in [2.24, 2.45) is 0 Å². The van der Waals surface area contributed by atoms with Crippen LogP contribution in [0.4, 0.5) is 13.2 Å². The third-order valence-electron chi connectivity index (χ3n) is 4.82. The van der Waals surface area contributed by atoms with Crippen molar-refractivity contribution in [1.29, 1.82) is 5.26 Å². The molecule has 4 rings (SSSR count). The van der Waals surface area contributed by atoms with E-state index in [1.807, 2.05) is 31.2 Å². The maximum absolute atomic E-state index is 12.7. The van der Waals surface area contributed by atoms with Crippen LogP contribution in [0.15, 0.2) is 47.8 Å². The maximum Gasteiger partial charge on any atom is 0.404 e. The molecule has 0 radical (unpaired) electrons. The number of alkyl halides is 3. The number of allylic oxidation sites excluding steroid dienone is 4. The molecule has 3 aromatic heterocycles. The molecule has 3 aromatic rings. The Labute approximate surface area is 180 Å². The lowest BCUT2D eigenvalue weighted by molar-refractivity contribution is -0.147. The maximum atomic E-state index is 12.7. The molecule has 1 N–H and O–H groups in total. The quantitative estimate of drug-likeness (QED) is 0.625. The molecule has 12 heteroatoms. The Bertz CT molecular complexity index is 1430. The van der Waals surface area contributed by atoms with E-state index in [-0.39, 0.29) is 11.4 Å². The zero-order chi connectivity index (χ0) is 23.3. The van der Waals surface area contributed by atoms with Gasteiger partial charge >= 0.3 is 6.18 Å². The van der Waals surface area contributed by atoms with Crippen molar-refractivity contribution in [2.45, 2.75) is 31.0 Å². The fraction of sp³-hybridized carbons (Fsp3) is 0.200. The van der Waals surface area contributed by atoms with Gasteiger partial charge in [0, 0.05) is 11.9 Å². The molecule has 0 amide bonds. The van der Waals surface area contributed by atoms with Crippen LogP contribution in [0.1, 0.15) is 18.1 Å². The molecule has 0 fully saturated rings. The van der Waals surface area contributed by atoms with Crippen molar-refractivity contribution in [1.82, 2.24) is 24.2 Å². The molecule has 1 aliphatic rings. The van der Waals surface area contributed by atoms with E-state index in [2.05, 4.69) is 21.0 Å². The molecule has 0 saturated carbocycles. The topological polar surface area (TPSA) is 114 Å². The average molecular weight is 460 g/mol. The van der Waals surface area contributed by atoms with Gasteiger partial charge in [-0.2, -0.15) is 23.2 Å². The summed E-state index contributed by atoms with van der Waals surface area (Å²) in [5, 5.41) is 9.78. The number of halogens is 3. The molecule has 0 aromatic carbocycles. The molecule has 0 bridgehead atoms. The Balaban J connectivity index is 1.82. The average Bonchev–Trinajstić information content (AvgIpc) is 2.99. The summed E-state index contributed by atoms with van der Waals surface area (Å²) < 4.78 is 66.1. The molecule has 1 unspecified atom stereocenters. The Morgan fingerprint density at radius 2 is 1.84 bits per heavy atom. The predicted octanol–water partition coefficient (Wildman–Crippen LogP) is 3.31. The van der Waals surface area contributed by atoms with Gasteiger partial charge in [-0.05, 0) is 37.6 Å². The largest absolute Gasteiger partial charge is 0.404 e. The van der Waals surface area contributed by atoms with Crippen LogP contribution in [0.25, 0.3) is 28.2 Å². The van der Waals surface area contributed by atoms with Crippen LogP contribution in [0.5, 0.6) is 0 Å². The van der Waals surface area contributed by atoms with Crippen LogP contribution in [0.2, 0.25) is 0 Å². The van der Waals surface area contributed by atoms with E-state index >= 15 is 0 Å². The lowest BCUT2D eigenvalue weighted by Gasteiger charge is -2.17. The molecular formula is C20H15F3N6O2S. The Morgan fingerprint density at radius 1 is 1.19 bits per heavy atom. The van der Waals surface area contributed by atoms with Gasteiger partial charge in [0.1, 0.15) is 33.8 Å². The predicted molar refractivity (Wildman–Crippen MR) is 109 cm³/mol. The van der Waals surface area contributed by atoms with Crippen LogP contribution in [0.3, 0.4) is 0 Å². The van der Waals surface area contributed by atoms with Crippen molar-refractivity contribution < 1.29 is 21.6 Å². The summed E-state index contributed by atoms with van der Waals surface area (Å²) in [6.07, 6.45) is 4.12. The number of nitrogens with zero attached hydrogens (tertiary/aromatic N) is 5. The van der Waals surface area contributed by atoms with Gasteiger partial charge in [0.2, 0.25) is 10.0 Å². The number of aromatic nitrogens is 4. The molecular weight excluding hydrogens is 445 g/mol. The van der Waals surface area contributed by atoms with Crippen LogP contribution < -0.4 is 4.72 Å². The van der Waals surface area contributed by atoms with Gasteiger partial charge in [-0.1, -0.05) is 6.08 Å². The molecule has 0 aliphatic heterocycles. The van der Waals surface area contributed by atoms with E-state index in [9.17, 15) is 26.9 Å². The van der Waals surface area contributed by atoms with E-state index in [1.54, 1.807) is 15.5 Å². The van der Waals surface area contributed by atoms with Crippen LogP contribution in [0, 0.1) is 18.3 Å². The zero-order valence-corrected chi connectivity index (χ0v) is 17.5. The van der Waals surface area contributed by atoms with E-state index in [0.29, 0.717) is 23.7 Å². The van der Waals surface area contributed by atoms with Crippen molar-refractivity contribution in [3.8, 4) is 17.6 Å². The summed E-state index contributed by atoms with van der Waals surface area (Å²) in [7, 11) is -4.51. The first kappa shape index (κ1) is 21.7. The number of nitrogens with one attached hydrogen (secondary N) is 1. The fourth-order valence-electron chi connectivity index (χ4n) is 3.12. The van der Waals surface area contributed by atoms with Gasteiger partial charge in [0.05, 0.1) is 17.9 Å². The molecule has 0 saturated heterocycles.